The van der Waals surface area contributed by atoms with Crippen LogP contribution in [0.1, 0.15) is 64.2 Å². The molecule has 2 unspecified atom stereocenters. The average molecular weight is 203 g/mol. The molecule has 5 aliphatic carbocycles. The van der Waals surface area contributed by atoms with Gasteiger partial charge in [-0.2, -0.15) is 0 Å². The van der Waals surface area contributed by atoms with Crippen LogP contribution in [0.25, 0.3) is 0 Å². The molecule has 0 aromatic carbocycles. The van der Waals surface area contributed by atoms with Gasteiger partial charge < -0.3 is 0 Å². The summed E-state index contributed by atoms with van der Waals surface area (Å²) in [6.07, 6.45) is 15.7. The molecule has 1 radical (unpaired) electrons. The van der Waals surface area contributed by atoms with Crippen molar-refractivity contribution in [1.82, 2.24) is 0 Å². The SMILES string of the molecule is C1CC2([C]3CC4CCC3C4)CCC1CC2. The van der Waals surface area contributed by atoms with E-state index >= 15 is 0 Å². The molecule has 83 valence electrons. The molecule has 0 aromatic heterocycles. The van der Waals surface area contributed by atoms with E-state index in [0.717, 1.165) is 23.2 Å². The van der Waals surface area contributed by atoms with E-state index in [1.54, 1.807) is 64.2 Å². The maximum Gasteiger partial charge on any atom is -0.0145 e. The lowest BCUT2D eigenvalue weighted by Gasteiger charge is -2.52. The summed E-state index contributed by atoms with van der Waals surface area (Å²) in [5, 5.41) is 0. The van der Waals surface area contributed by atoms with Crippen molar-refractivity contribution in [3.8, 4) is 0 Å². The van der Waals surface area contributed by atoms with Gasteiger partial charge in [-0.25, -0.2) is 0 Å². The molecule has 2 atom stereocenters. The van der Waals surface area contributed by atoms with Crippen LogP contribution in [0, 0.1) is 29.1 Å². The van der Waals surface area contributed by atoms with Gasteiger partial charge in [-0.15, -0.1) is 0 Å². The molecule has 5 fully saturated rings. The standard InChI is InChI=1S/C15H23/c1-2-13-9-12(1)10-14(13)15-6-3-11(4-7-15)5-8-15/h11-13H,1-10H2. The van der Waals surface area contributed by atoms with Gasteiger partial charge >= 0.3 is 0 Å². The average Bonchev–Trinajstić information content (AvgIpc) is 2.93. The van der Waals surface area contributed by atoms with Crippen molar-refractivity contribution >= 4 is 0 Å². The minimum atomic E-state index is 0.786. The Kier molecular flexibility index (Phi) is 1.83. The summed E-state index contributed by atoms with van der Waals surface area (Å²) in [4.78, 5) is 0. The summed E-state index contributed by atoms with van der Waals surface area (Å²) in [5.41, 5.74) is 0.786. The molecule has 5 saturated carbocycles. The van der Waals surface area contributed by atoms with Gasteiger partial charge in [0.2, 0.25) is 0 Å². The summed E-state index contributed by atoms with van der Waals surface area (Å²) >= 11 is 0. The second kappa shape index (κ2) is 3.02. The number of hydrogen-bond donors (Lipinski definition) is 0. The monoisotopic (exact) mass is 203 g/mol. The zero-order valence-corrected chi connectivity index (χ0v) is 9.80. The van der Waals surface area contributed by atoms with E-state index in [0.29, 0.717) is 0 Å². The van der Waals surface area contributed by atoms with Crippen molar-refractivity contribution in [2.75, 3.05) is 0 Å². The van der Waals surface area contributed by atoms with E-state index in [-0.39, 0.29) is 0 Å². The third-order valence-electron chi connectivity index (χ3n) is 6.32. The fourth-order valence-corrected chi connectivity index (χ4v) is 5.43. The van der Waals surface area contributed by atoms with Crippen molar-refractivity contribution in [2.24, 2.45) is 23.2 Å². The Balaban J connectivity index is 1.60. The van der Waals surface area contributed by atoms with Gasteiger partial charge in [0, 0.05) is 0 Å². The third kappa shape index (κ3) is 1.20. The van der Waals surface area contributed by atoms with E-state index in [2.05, 4.69) is 5.92 Å². The predicted molar refractivity (Wildman–Crippen MR) is 62.3 cm³/mol. The van der Waals surface area contributed by atoms with Crippen molar-refractivity contribution in [3.63, 3.8) is 0 Å². The number of rotatable bonds is 1. The molecular formula is C15H23. The highest BCUT2D eigenvalue weighted by molar-refractivity contribution is 5.20. The lowest BCUT2D eigenvalue weighted by Crippen LogP contribution is -2.40. The van der Waals surface area contributed by atoms with Crippen LogP contribution >= 0.6 is 0 Å². The summed E-state index contributed by atoms with van der Waals surface area (Å²) in [7, 11) is 0. The van der Waals surface area contributed by atoms with Crippen molar-refractivity contribution < 1.29 is 0 Å². The zero-order valence-electron chi connectivity index (χ0n) is 9.80. The molecule has 0 heteroatoms. The minimum absolute atomic E-state index is 0.786. The van der Waals surface area contributed by atoms with Gasteiger partial charge in [-0.3, -0.25) is 0 Å². The summed E-state index contributed by atoms with van der Waals surface area (Å²) in [6.45, 7) is 0. The van der Waals surface area contributed by atoms with Gasteiger partial charge in [0.1, 0.15) is 0 Å². The fourth-order valence-electron chi connectivity index (χ4n) is 5.43. The Morgan fingerprint density at radius 3 is 2.07 bits per heavy atom. The summed E-state index contributed by atoms with van der Waals surface area (Å²) in [5.74, 6) is 5.42. The number of fused-ring (bicyclic) bond motifs is 5. The normalized spacial score (nSPS) is 54.0. The third-order valence-corrected chi connectivity index (χ3v) is 6.32. The molecule has 0 aliphatic heterocycles. The maximum absolute atomic E-state index is 2.08. The van der Waals surface area contributed by atoms with Gasteiger partial charge in [0.15, 0.2) is 0 Å². The molecule has 4 bridgehead atoms. The van der Waals surface area contributed by atoms with E-state index in [9.17, 15) is 0 Å². The molecule has 0 aromatic rings. The fraction of sp³-hybridized carbons (Fsp3) is 0.933. The van der Waals surface area contributed by atoms with Crippen LogP contribution in [-0.2, 0) is 0 Å². The van der Waals surface area contributed by atoms with Crippen LogP contribution in [0.5, 0.6) is 0 Å². The molecule has 0 spiro atoms. The van der Waals surface area contributed by atoms with E-state index in [4.69, 9.17) is 0 Å². The molecular weight excluding hydrogens is 180 g/mol. The van der Waals surface area contributed by atoms with E-state index in [1.807, 2.05) is 0 Å². The molecule has 5 rings (SSSR count). The predicted octanol–water partition coefficient (Wildman–Crippen LogP) is 4.35. The molecule has 0 heterocycles. The van der Waals surface area contributed by atoms with Crippen LogP contribution < -0.4 is 0 Å². The molecule has 5 aliphatic rings. The Bertz CT molecular complexity index is 245. The first-order valence-electron chi connectivity index (χ1n) is 7.22. The molecule has 0 saturated heterocycles. The maximum atomic E-state index is 2.08. The lowest BCUT2D eigenvalue weighted by molar-refractivity contribution is 0.0609. The molecule has 0 amide bonds. The van der Waals surface area contributed by atoms with Gasteiger partial charge in [0.25, 0.3) is 0 Å². The lowest BCUT2D eigenvalue weighted by atomic mass is 9.53. The van der Waals surface area contributed by atoms with Gasteiger partial charge in [-0.1, -0.05) is 6.42 Å². The van der Waals surface area contributed by atoms with Crippen LogP contribution in [0.2, 0.25) is 0 Å². The van der Waals surface area contributed by atoms with E-state index < -0.39 is 0 Å². The zero-order chi connectivity index (χ0) is 9.88. The van der Waals surface area contributed by atoms with Crippen molar-refractivity contribution in [2.45, 2.75) is 64.2 Å². The second-order valence-corrected chi connectivity index (χ2v) is 6.87. The Morgan fingerprint density at radius 1 is 0.800 bits per heavy atom. The highest BCUT2D eigenvalue weighted by Crippen LogP contribution is 2.64. The van der Waals surface area contributed by atoms with E-state index in [1.165, 1.54) is 0 Å². The first-order valence-corrected chi connectivity index (χ1v) is 7.22. The van der Waals surface area contributed by atoms with Crippen LogP contribution in [0.3, 0.4) is 0 Å². The highest BCUT2D eigenvalue weighted by atomic mass is 14.6. The Labute approximate surface area is 93.8 Å². The second-order valence-electron chi connectivity index (χ2n) is 6.87. The highest BCUT2D eigenvalue weighted by Gasteiger charge is 2.53. The smallest absolute Gasteiger partial charge is 0.0145 e. The first kappa shape index (κ1) is 9.07. The van der Waals surface area contributed by atoms with Gasteiger partial charge in [-0.05, 0) is 86.9 Å². The number of hydrogen-bond acceptors (Lipinski definition) is 0. The molecule has 0 N–H and O–H groups in total. The summed E-state index contributed by atoms with van der Waals surface area (Å²) < 4.78 is 0. The van der Waals surface area contributed by atoms with Crippen LogP contribution in [-0.4, -0.2) is 0 Å². The largest absolute Gasteiger partial charge is 0.0501 e. The minimum Gasteiger partial charge on any atom is -0.0501 e. The van der Waals surface area contributed by atoms with Crippen LogP contribution in [0.4, 0.5) is 0 Å². The molecule has 0 nitrogen and oxygen atoms in total. The van der Waals surface area contributed by atoms with Crippen molar-refractivity contribution in [3.05, 3.63) is 5.92 Å². The quantitative estimate of drug-likeness (QED) is 0.594. The molecule has 15 heavy (non-hydrogen) atoms. The van der Waals surface area contributed by atoms with Crippen LogP contribution in [0.15, 0.2) is 0 Å². The first-order chi connectivity index (χ1) is 7.36. The van der Waals surface area contributed by atoms with Crippen molar-refractivity contribution in [1.29, 1.82) is 0 Å². The Hall–Kier alpha value is 0. The Morgan fingerprint density at radius 2 is 1.53 bits per heavy atom. The topological polar surface area (TPSA) is 0 Å². The van der Waals surface area contributed by atoms with Gasteiger partial charge in [0.05, 0.1) is 0 Å². The summed E-state index contributed by atoms with van der Waals surface area (Å²) in [6, 6.07) is 0.